The van der Waals surface area contributed by atoms with Crippen LogP contribution in [0.15, 0.2) is 0 Å². The molecule has 17 heavy (non-hydrogen) atoms. The number of nitrogens with two attached hydrogens (primary N) is 1. The Morgan fingerprint density at radius 2 is 1.88 bits per heavy atom. The molecule has 4 heteroatoms. The minimum absolute atomic E-state index is 0.0471. The SMILES string of the molecule is COC(C)(C)CCC(N)C1(OC)CCOCC1. The second-order valence-electron chi connectivity index (χ2n) is 5.49. The molecule has 0 amide bonds. The summed E-state index contributed by atoms with van der Waals surface area (Å²) in [5.74, 6) is 0. The second-order valence-corrected chi connectivity index (χ2v) is 5.49. The summed E-state index contributed by atoms with van der Waals surface area (Å²) in [6.07, 6.45) is 3.63. The fourth-order valence-corrected chi connectivity index (χ4v) is 2.31. The number of methoxy groups -OCH3 is 2. The molecule has 1 aliphatic rings. The summed E-state index contributed by atoms with van der Waals surface area (Å²) in [5, 5.41) is 0. The molecular weight excluding hydrogens is 218 g/mol. The molecule has 1 fully saturated rings. The first-order chi connectivity index (χ1) is 7.96. The van der Waals surface area contributed by atoms with E-state index in [1.807, 2.05) is 0 Å². The maximum atomic E-state index is 6.32. The Morgan fingerprint density at radius 1 is 1.29 bits per heavy atom. The Labute approximate surface area is 105 Å². The van der Waals surface area contributed by atoms with E-state index < -0.39 is 0 Å². The van der Waals surface area contributed by atoms with E-state index in [0.29, 0.717) is 0 Å². The van der Waals surface area contributed by atoms with Gasteiger partial charge in [-0.3, -0.25) is 0 Å². The van der Waals surface area contributed by atoms with Gasteiger partial charge in [0.1, 0.15) is 0 Å². The lowest BCUT2D eigenvalue weighted by atomic mass is 9.82. The zero-order valence-electron chi connectivity index (χ0n) is 11.6. The highest BCUT2D eigenvalue weighted by Gasteiger charge is 2.39. The molecule has 4 nitrogen and oxygen atoms in total. The standard InChI is InChI=1S/C13H27NO3/c1-12(2,15-3)6-5-11(14)13(16-4)7-9-17-10-8-13/h11H,5-10,14H2,1-4H3. The minimum Gasteiger partial charge on any atom is -0.381 e. The van der Waals surface area contributed by atoms with Gasteiger partial charge in [-0.15, -0.1) is 0 Å². The average molecular weight is 245 g/mol. The molecule has 0 aromatic rings. The molecule has 102 valence electrons. The van der Waals surface area contributed by atoms with Crippen molar-refractivity contribution in [2.24, 2.45) is 5.73 Å². The second kappa shape index (κ2) is 6.14. The third-order valence-corrected chi connectivity index (χ3v) is 4.03. The summed E-state index contributed by atoms with van der Waals surface area (Å²) in [4.78, 5) is 0. The van der Waals surface area contributed by atoms with Crippen molar-refractivity contribution in [1.82, 2.24) is 0 Å². The Kier molecular flexibility index (Phi) is 5.38. The zero-order valence-corrected chi connectivity index (χ0v) is 11.6. The quantitative estimate of drug-likeness (QED) is 0.774. The topological polar surface area (TPSA) is 53.7 Å². The Bertz CT molecular complexity index is 225. The van der Waals surface area contributed by atoms with Gasteiger partial charge in [0.15, 0.2) is 0 Å². The Morgan fingerprint density at radius 3 is 2.35 bits per heavy atom. The van der Waals surface area contributed by atoms with E-state index in [4.69, 9.17) is 19.9 Å². The number of rotatable bonds is 6. The predicted octanol–water partition coefficient (Wildman–Crippen LogP) is 1.71. The van der Waals surface area contributed by atoms with Gasteiger partial charge in [0, 0.05) is 46.3 Å². The molecule has 0 aromatic heterocycles. The smallest absolute Gasteiger partial charge is 0.0872 e. The van der Waals surface area contributed by atoms with Crippen LogP contribution in [0.2, 0.25) is 0 Å². The molecule has 1 saturated heterocycles. The van der Waals surface area contributed by atoms with E-state index in [2.05, 4.69) is 13.8 Å². The van der Waals surface area contributed by atoms with Crippen molar-refractivity contribution in [3.8, 4) is 0 Å². The largest absolute Gasteiger partial charge is 0.381 e. The van der Waals surface area contributed by atoms with Crippen LogP contribution in [0, 0.1) is 0 Å². The third-order valence-electron chi connectivity index (χ3n) is 4.03. The third kappa shape index (κ3) is 3.91. The highest BCUT2D eigenvalue weighted by atomic mass is 16.5. The molecule has 1 unspecified atom stereocenters. The molecule has 0 radical (unpaired) electrons. The van der Waals surface area contributed by atoms with Crippen LogP contribution in [0.3, 0.4) is 0 Å². The van der Waals surface area contributed by atoms with E-state index in [1.165, 1.54) is 0 Å². The highest BCUT2D eigenvalue weighted by molar-refractivity contribution is 4.93. The zero-order chi connectivity index (χ0) is 12.9. The van der Waals surface area contributed by atoms with Crippen molar-refractivity contribution in [2.75, 3.05) is 27.4 Å². The van der Waals surface area contributed by atoms with Crippen LogP contribution >= 0.6 is 0 Å². The van der Waals surface area contributed by atoms with Gasteiger partial charge in [0.05, 0.1) is 11.2 Å². The minimum atomic E-state index is -0.206. The molecule has 0 aliphatic carbocycles. The fourth-order valence-electron chi connectivity index (χ4n) is 2.31. The summed E-state index contributed by atoms with van der Waals surface area (Å²) >= 11 is 0. The molecule has 1 heterocycles. The van der Waals surface area contributed by atoms with Gasteiger partial charge in [-0.2, -0.15) is 0 Å². The van der Waals surface area contributed by atoms with Crippen LogP contribution in [0.25, 0.3) is 0 Å². The van der Waals surface area contributed by atoms with Crippen molar-refractivity contribution in [3.05, 3.63) is 0 Å². The van der Waals surface area contributed by atoms with Gasteiger partial charge in [-0.25, -0.2) is 0 Å². The number of ether oxygens (including phenoxy) is 3. The summed E-state index contributed by atoms with van der Waals surface area (Å²) in [6.45, 7) is 5.66. The van der Waals surface area contributed by atoms with E-state index in [1.54, 1.807) is 14.2 Å². The molecule has 1 atom stereocenters. The van der Waals surface area contributed by atoms with E-state index in [-0.39, 0.29) is 17.2 Å². The molecule has 0 spiro atoms. The van der Waals surface area contributed by atoms with E-state index in [9.17, 15) is 0 Å². The van der Waals surface area contributed by atoms with Gasteiger partial charge < -0.3 is 19.9 Å². The first kappa shape index (κ1) is 14.9. The van der Waals surface area contributed by atoms with Crippen molar-refractivity contribution >= 4 is 0 Å². The molecule has 0 bridgehead atoms. The normalized spacial score (nSPS) is 22.4. The average Bonchev–Trinajstić information content (AvgIpc) is 2.37. The maximum absolute atomic E-state index is 6.32. The number of hydrogen-bond acceptors (Lipinski definition) is 4. The van der Waals surface area contributed by atoms with Crippen molar-refractivity contribution in [1.29, 1.82) is 0 Å². The monoisotopic (exact) mass is 245 g/mol. The van der Waals surface area contributed by atoms with Crippen molar-refractivity contribution in [3.63, 3.8) is 0 Å². The lowest BCUT2D eigenvalue weighted by molar-refractivity contribution is -0.108. The van der Waals surface area contributed by atoms with Gasteiger partial charge in [0.2, 0.25) is 0 Å². The van der Waals surface area contributed by atoms with Crippen LogP contribution < -0.4 is 5.73 Å². The molecule has 1 aliphatic heterocycles. The summed E-state index contributed by atoms with van der Waals surface area (Å²) in [6, 6.07) is 0.0471. The highest BCUT2D eigenvalue weighted by Crippen LogP contribution is 2.30. The number of hydrogen-bond donors (Lipinski definition) is 1. The van der Waals surface area contributed by atoms with Crippen molar-refractivity contribution < 1.29 is 14.2 Å². The summed E-state index contributed by atoms with van der Waals surface area (Å²) in [7, 11) is 3.50. The first-order valence-corrected chi connectivity index (χ1v) is 6.39. The van der Waals surface area contributed by atoms with Gasteiger partial charge in [-0.05, 0) is 26.7 Å². The molecule has 1 rings (SSSR count). The van der Waals surface area contributed by atoms with Crippen LogP contribution in [0.1, 0.15) is 39.5 Å². The van der Waals surface area contributed by atoms with Crippen LogP contribution in [0.5, 0.6) is 0 Å². The van der Waals surface area contributed by atoms with E-state index >= 15 is 0 Å². The Balaban J connectivity index is 2.51. The van der Waals surface area contributed by atoms with Crippen LogP contribution in [-0.2, 0) is 14.2 Å². The first-order valence-electron chi connectivity index (χ1n) is 6.39. The predicted molar refractivity (Wildman–Crippen MR) is 68.1 cm³/mol. The summed E-state index contributed by atoms with van der Waals surface area (Å²) < 4.78 is 16.5. The van der Waals surface area contributed by atoms with Gasteiger partial charge in [-0.1, -0.05) is 0 Å². The van der Waals surface area contributed by atoms with Gasteiger partial charge in [0.25, 0.3) is 0 Å². The van der Waals surface area contributed by atoms with E-state index in [0.717, 1.165) is 38.9 Å². The maximum Gasteiger partial charge on any atom is 0.0872 e. The van der Waals surface area contributed by atoms with Crippen LogP contribution in [0.4, 0.5) is 0 Å². The lowest BCUT2D eigenvalue weighted by Gasteiger charge is -2.41. The molecule has 0 aromatic carbocycles. The Hall–Kier alpha value is -0.160. The van der Waals surface area contributed by atoms with Crippen molar-refractivity contribution in [2.45, 2.75) is 56.8 Å². The molecule has 2 N–H and O–H groups in total. The summed E-state index contributed by atoms with van der Waals surface area (Å²) in [5.41, 5.74) is 6.00. The molecular formula is C13H27NO3. The lowest BCUT2D eigenvalue weighted by Crippen LogP contribution is -2.53. The van der Waals surface area contributed by atoms with Crippen LogP contribution in [-0.4, -0.2) is 44.7 Å². The van der Waals surface area contributed by atoms with Gasteiger partial charge >= 0.3 is 0 Å². The molecule has 0 saturated carbocycles. The fraction of sp³-hybridized carbons (Fsp3) is 1.00.